The third-order valence-electron chi connectivity index (χ3n) is 2.93. The molecule has 2 rings (SSSR count). The highest BCUT2D eigenvalue weighted by molar-refractivity contribution is 9.10. The number of nitrogens with zero attached hydrogens (tertiary/aromatic N) is 1. The molecule has 0 aliphatic heterocycles. The second-order valence-electron chi connectivity index (χ2n) is 4.62. The highest BCUT2D eigenvalue weighted by Gasteiger charge is 2.10. The van der Waals surface area contributed by atoms with E-state index < -0.39 is 0 Å². The van der Waals surface area contributed by atoms with Crippen LogP contribution in [0.3, 0.4) is 0 Å². The first-order valence-corrected chi connectivity index (χ1v) is 7.58. The van der Waals surface area contributed by atoms with Crippen LogP contribution in [-0.4, -0.2) is 24.5 Å². The van der Waals surface area contributed by atoms with E-state index in [-0.39, 0.29) is 12.5 Å². The van der Waals surface area contributed by atoms with Crippen LogP contribution in [0.2, 0.25) is 5.02 Å². The highest BCUT2D eigenvalue weighted by atomic mass is 79.9. The van der Waals surface area contributed by atoms with Crippen molar-refractivity contribution in [1.82, 2.24) is 4.90 Å². The first-order valence-electron chi connectivity index (χ1n) is 6.41. The Bertz CT molecular complexity index is 599. The maximum Gasteiger partial charge on any atom is 0.260 e. The number of carbonyl (C=O) groups excluding carboxylic acids is 1. The quantitative estimate of drug-likeness (QED) is 0.794. The number of carbonyl (C=O) groups is 1. The summed E-state index contributed by atoms with van der Waals surface area (Å²) in [5.74, 6) is 0.597. The van der Waals surface area contributed by atoms with Crippen molar-refractivity contribution < 1.29 is 9.53 Å². The van der Waals surface area contributed by atoms with Gasteiger partial charge in [0.2, 0.25) is 0 Å². The molecule has 0 heterocycles. The van der Waals surface area contributed by atoms with Gasteiger partial charge in [0.1, 0.15) is 5.75 Å². The zero-order valence-corrected chi connectivity index (χ0v) is 13.9. The van der Waals surface area contributed by atoms with Gasteiger partial charge in [-0.25, -0.2) is 0 Å². The van der Waals surface area contributed by atoms with Crippen molar-refractivity contribution in [2.24, 2.45) is 0 Å². The molecule has 0 saturated heterocycles. The molecule has 2 aromatic rings. The minimum atomic E-state index is -0.0760. The maximum absolute atomic E-state index is 12.0. The lowest BCUT2D eigenvalue weighted by molar-refractivity contribution is -0.132. The first-order chi connectivity index (χ1) is 10.0. The Morgan fingerprint density at radius 3 is 2.38 bits per heavy atom. The number of halogens is 2. The minimum Gasteiger partial charge on any atom is -0.484 e. The summed E-state index contributed by atoms with van der Waals surface area (Å²) in [5.41, 5.74) is 1.03. The fourth-order valence-corrected chi connectivity index (χ4v) is 2.13. The average Bonchev–Trinajstić information content (AvgIpc) is 2.48. The van der Waals surface area contributed by atoms with Gasteiger partial charge in [0.15, 0.2) is 6.61 Å². The summed E-state index contributed by atoms with van der Waals surface area (Å²) in [6, 6.07) is 14.8. The molecule has 0 bridgehead atoms. The van der Waals surface area contributed by atoms with E-state index in [4.69, 9.17) is 16.3 Å². The standard InChI is InChI=1S/C16H15BrClNO2/c1-19(10-12-2-6-14(18)7-3-12)16(20)11-21-15-8-4-13(17)5-9-15/h2-9H,10-11H2,1H3. The fourth-order valence-electron chi connectivity index (χ4n) is 1.74. The molecule has 21 heavy (non-hydrogen) atoms. The van der Waals surface area contributed by atoms with Crippen molar-refractivity contribution in [3.8, 4) is 5.75 Å². The van der Waals surface area contributed by atoms with Crippen molar-refractivity contribution in [3.05, 3.63) is 63.6 Å². The molecule has 110 valence electrons. The normalized spacial score (nSPS) is 10.2. The maximum atomic E-state index is 12.0. The van der Waals surface area contributed by atoms with Crippen LogP contribution >= 0.6 is 27.5 Å². The second kappa shape index (κ2) is 7.48. The molecule has 0 aliphatic rings. The lowest BCUT2D eigenvalue weighted by atomic mass is 10.2. The van der Waals surface area contributed by atoms with Gasteiger partial charge >= 0.3 is 0 Å². The summed E-state index contributed by atoms with van der Waals surface area (Å²) in [4.78, 5) is 13.6. The largest absolute Gasteiger partial charge is 0.484 e. The van der Waals surface area contributed by atoms with Crippen LogP contribution in [0.15, 0.2) is 53.0 Å². The number of rotatable bonds is 5. The summed E-state index contributed by atoms with van der Waals surface area (Å²) in [7, 11) is 1.75. The molecule has 1 amide bonds. The molecule has 0 unspecified atom stereocenters. The predicted octanol–water partition coefficient (Wildman–Crippen LogP) is 4.14. The zero-order chi connectivity index (χ0) is 15.2. The van der Waals surface area contributed by atoms with Crippen molar-refractivity contribution in [1.29, 1.82) is 0 Å². The smallest absolute Gasteiger partial charge is 0.260 e. The Hall–Kier alpha value is -1.52. The average molecular weight is 369 g/mol. The van der Waals surface area contributed by atoms with E-state index in [2.05, 4.69) is 15.9 Å². The van der Waals surface area contributed by atoms with Gasteiger partial charge in [0, 0.05) is 23.1 Å². The van der Waals surface area contributed by atoms with Gasteiger partial charge < -0.3 is 9.64 Å². The van der Waals surface area contributed by atoms with Gasteiger partial charge in [-0.15, -0.1) is 0 Å². The van der Waals surface area contributed by atoms with Crippen LogP contribution in [0.1, 0.15) is 5.56 Å². The number of ether oxygens (including phenoxy) is 1. The van der Waals surface area contributed by atoms with E-state index in [1.807, 2.05) is 48.5 Å². The van der Waals surface area contributed by atoms with Gasteiger partial charge in [-0.3, -0.25) is 4.79 Å². The lowest BCUT2D eigenvalue weighted by Crippen LogP contribution is -2.30. The van der Waals surface area contributed by atoms with Gasteiger partial charge in [0.05, 0.1) is 0 Å². The lowest BCUT2D eigenvalue weighted by Gasteiger charge is -2.17. The molecule has 0 atom stereocenters. The third kappa shape index (κ3) is 5.06. The summed E-state index contributed by atoms with van der Waals surface area (Å²) < 4.78 is 6.44. The van der Waals surface area contributed by atoms with Crippen LogP contribution < -0.4 is 4.74 Å². The summed E-state index contributed by atoms with van der Waals surface area (Å²) in [6.45, 7) is 0.547. The number of hydrogen-bond acceptors (Lipinski definition) is 2. The third-order valence-corrected chi connectivity index (χ3v) is 3.72. The van der Waals surface area contributed by atoms with Crippen molar-refractivity contribution in [3.63, 3.8) is 0 Å². The van der Waals surface area contributed by atoms with E-state index in [0.717, 1.165) is 10.0 Å². The number of hydrogen-bond donors (Lipinski definition) is 0. The fraction of sp³-hybridized carbons (Fsp3) is 0.188. The molecule has 0 saturated carbocycles. The van der Waals surface area contributed by atoms with Crippen molar-refractivity contribution >= 4 is 33.4 Å². The van der Waals surface area contributed by atoms with E-state index in [1.54, 1.807) is 11.9 Å². The Morgan fingerprint density at radius 1 is 1.14 bits per heavy atom. The van der Waals surface area contributed by atoms with Gasteiger partial charge in [0.25, 0.3) is 5.91 Å². The molecule has 0 N–H and O–H groups in total. The molecule has 0 aromatic heterocycles. The first kappa shape index (κ1) is 15.9. The summed E-state index contributed by atoms with van der Waals surface area (Å²) in [5, 5.41) is 0.686. The molecule has 0 aliphatic carbocycles. The molecule has 0 radical (unpaired) electrons. The van der Waals surface area contributed by atoms with E-state index in [0.29, 0.717) is 17.3 Å². The molecule has 5 heteroatoms. The van der Waals surface area contributed by atoms with Gasteiger partial charge in [-0.05, 0) is 42.0 Å². The van der Waals surface area contributed by atoms with Crippen molar-refractivity contribution in [2.45, 2.75) is 6.54 Å². The highest BCUT2D eigenvalue weighted by Crippen LogP contribution is 2.16. The number of amides is 1. The van der Waals surface area contributed by atoms with Crippen molar-refractivity contribution in [2.75, 3.05) is 13.7 Å². The molecular formula is C16H15BrClNO2. The van der Waals surface area contributed by atoms with Crippen LogP contribution in [0.25, 0.3) is 0 Å². The van der Waals surface area contributed by atoms with E-state index in [1.165, 1.54) is 0 Å². The van der Waals surface area contributed by atoms with Crippen LogP contribution in [0.5, 0.6) is 5.75 Å². The van der Waals surface area contributed by atoms with Crippen LogP contribution in [0, 0.1) is 0 Å². The molecule has 0 spiro atoms. The Labute approximate surface area is 137 Å². The topological polar surface area (TPSA) is 29.5 Å². The molecule has 0 fully saturated rings. The Kier molecular flexibility index (Phi) is 5.65. The Balaban J connectivity index is 1.84. The molecule has 3 nitrogen and oxygen atoms in total. The second-order valence-corrected chi connectivity index (χ2v) is 5.97. The molecular weight excluding hydrogens is 354 g/mol. The number of benzene rings is 2. The predicted molar refractivity (Wildman–Crippen MR) is 87.6 cm³/mol. The number of likely N-dealkylation sites (N-methyl/N-ethyl adjacent to an activating group) is 1. The van der Waals surface area contributed by atoms with E-state index >= 15 is 0 Å². The van der Waals surface area contributed by atoms with Crippen LogP contribution in [0.4, 0.5) is 0 Å². The SMILES string of the molecule is CN(Cc1ccc(Cl)cc1)C(=O)COc1ccc(Br)cc1. The van der Waals surface area contributed by atoms with Crippen LogP contribution in [-0.2, 0) is 11.3 Å². The minimum absolute atomic E-state index is 0.0196. The van der Waals surface area contributed by atoms with E-state index in [9.17, 15) is 4.79 Å². The summed E-state index contributed by atoms with van der Waals surface area (Å²) >= 11 is 9.19. The van der Waals surface area contributed by atoms with Gasteiger partial charge in [-0.1, -0.05) is 39.7 Å². The molecule has 2 aromatic carbocycles. The zero-order valence-electron chi connectivity index (χ0n) is 11.6. The summed E-state index contributed by atoms with van der Waals surface area (Å²) in [6.07, 6.45) is 0. The monoisotopic (exact) mass is 367 g/mol. The Morgan fingerprint density at radius 2 is 1.76 bits per heavy atom. The van der Waals surface area contributed by atoms with Gasteiger partial charge in [-0.2, -0.15) is 0 Å².